The summed E-state index contributed by atoms with van der Waals surface area (Å²) < 4.78 is 10.8. The normalized spacial score (nSPS) is 8.17. The molecule has 36 valence electrons. The highest BCUT2D eigenvalue weighted by Crippen LogP contribution is 1.72. The topological polar surface area (TPSA) is 40.1 Å². The Labute approximate surface area is 34.6 Å². The van der Waals surface area contributed by atoms with Gasteiger partial charge in [0.2, 0.25) is 0 Å². The smallest absolute Gasteiger partial charge is 0.0946 e. The quantitative estimate of drug-likeness (QED) is 0.441. The number of hydrogen-bond donors (Lipinski definition) is 0. The number of carbonyl (C=O) groups is 1. The number of carbonyl (C=O) groups excluding carboxylic acids is 1. The van der Waals surface area contributed by atoms with Crippen molar-refractivity contribution in [3.8, 4) is 0 Å². The van der Waals surface area contributed by atoms with Gasteiger partial charge in [-0.2, -0.15) is 0 Å². The molecular weight excluding hydrogens is 87.0 g/mol. The first-order chi connectivity index (χ1) is 2.77. The van der Waals surface area contributed by atoms with Gasteiger partial charge in [-0.3, -0.25) is 4.39 Å². The molecule has 0 spiro atoms. The van der Waals surface area contributed by atoms with E-state index in [2.05, 4.69) is 0 Å². The van der Waals surface area contributed by atoms with E-state index in [0.29, 0.717) is 0 Å². The lowest BCUT2D eigenvalue weighted by Crippen LogP contribution is -2.22. The minimum atomic E-state index is -1.34. The van der Waals surface area contributed by atoms with Gasteiger partial charge in [0.1, 0.15) is 0 Å². The Bertz CT molecular complexity index is 52.8. The van der Waals surface area contributed by atoms with E-state index in [1.807, 2.05) is 0 Å². The summed E-state index contributed by atoms with van der Waals surface area (Å²) in [6.45, 7) is -0.831. The molecule has 0 aromatic heterocycles. The Morgan fingerprint density at radius 2 is 2.33 bits per heavy atom. The van der Waals surface area contributed by atoms with Crippen LogP contribution in [0.5, 0.6) is 0 Å². The van der Waals surface area contributed by atoms with Crippen LogP contribution in [0.25, 0.3) is 0 Å². The average molecular weight is 91.1 g/mol. The van der Waals surface area contributed by atoms with Crippen LogP contribution in [0.4, 0.5) is 4.39 Å². The van der Waals surface area contributed by atoms with Crippen LogP contribution in [0.15, 0.2) is 0 Å². The number of rotatable bonds is 2. The Hall–Kier alpha value is -0.600. The van der Waals surface area contributed by atoms with Gasteiger partial charge in [0.15, 0.2) is 0 Å². The predicted molar refractivity (Wildman–Crippen MR) is 15.6 cm³/mol. The molecule has 0 fully saturated rings. The third-order valence-corrected chi connectivity index (χ3v) is 0.299. The van der Waals surface area contributed by atoms with Crippen LogP contribution < -0.4 is 5.11 Å². The van der Waals surface area contributed by atoms with Crippen molar-refractivity contribution in [2.45, 2.75) is 6.42 Å². The molecule has 0 heterocycles. The van der Waals surface area contributed by atoms with Crippen molar-refractivity contribution in [1.29, 1.82) is 0 Å². The molecule has 0 aliphatic carbocycles. The number of alkyl halides is 1. The van der Waals surface area contributed by atoms with E-state index < -0.39 is 19.1 Å². The van der Waals surface area contributed by atoms with E-state index in [4.69, 9.17) is 0 Å². The van der Waals surface area contributed by atoms with Crippen LogP contribution in [0.3, 0.4) is 0 Å². The van der Waals surface area contributed by atoms with Crippen molar-refractivity contribution in [2.75, 3.05) is 6.67 Å². The van der Waals surface area contributed by atoms with Crippen LogP contribution in [-0.2, 0) is 4.79 Å². The highest BCUT2D eigenvalue weighted by molar-refractivity contribution is 5.64. The first kappa shape index (κ1) is 5.40. The summed E-state index contributed by atoms with van der Waals surface area (Å²) in [5.74, 6) is -1.34. The lowest BCUT2D eigenvalue weighted by molar-refractivity contribution is -0.305. The van der Waals surface area contributed by atoms with Crippen molar-refractivity contribution < 1.29 is 14.3 Å². The van der Waals surface area contributed by atoms with Crippen LogP contribution >= 0.6 is 0 Å². The molecule has 0 aromatic rings. The number of halogens is 1. The summed E-state index contributed by atoms with van der Waals surface area (Å²) in [7, 11) is 0. The second kappa shape index (κ2) is 2.63. The molecule has 0 bridgehead atoms. The Morgan fingerprint density at radius 3 is 2.33 bits per heavy atom. The Balaban J connectivity index is 2.83. The van der Waals surface area contributed by atoms with E-state index in [-0.39, 0.29) is 0 Å². The Morgan fingerprint density at radius 1 is 1.83 bits per heavy atom. The maximum absolute atomic E-state index is 10.8. The van der Waals surface area contributed by atoms with E-state index >= 15 is 0 Å². The maximum atomic E-state index is 10.8. The van der Waals surface area contributed by atoms with E-state index in [0.717, 1.165) is 0 Å². The Kier molecular flexibility index (Phi) is 2.36. The zero-order chi connectivity index (χ0) is 4.99. The zero-order valence-electron chi connectivity index (χ0n) is 3.11. The van der Waals surface area contributed by atoms with Gasteiger partial charge in [-0.25, -0.2) is 0 Å². The highest BCUT2D eigenvalue weighted by Gasteiger charge is 1.78. The molecule has 0 radical (unpaired) electrons. The average Bonchev–Trinajstić information content (AvgIpc) is 1.35. The summed E-state index contributed by atoms with van der Waals surface area (Å²) in [4.78, 5) is 9.25. The SMILES string of the molecule is O=C([O-])CCF. The lowest BCUT2D eigenvalue weighted by atomic mass is 10.5. The number of carboxylic acids is 1. The molecule has 2 nitrogen and oxygen atoms in total. The predicted octanol–water partition coefficient (Wildman–Crippen LogP) is -0.904. The summed E-state index contributed by atoms with van der Waals surface area (Å²) in [5, 5.41) is 9.25. The van der Waals surface area contributed by atoms with Crippen molar-refractivity contribution in [3.05, 3.63) is 0 Å². The van der Waals surface area contributed by atoms with E-state index in [1.54, 1.807) is 0 Å². The second-order valence-corrected chi connectivity index (χ2v) is 0.811. The van der Waals surface area contributed by atoms with E-state index in [9.17, 15) is 14.3 Å². The van der Waals surface area contributed by atoms with Crippen molar-refractivity contribution in [2.24, 2.45) is 0 Å². The molecule has 0 aliphatic rings. The molecule has 0 atom stereocenters. The highest BCUT2D eigenvalue weighted by atomic mass is 19.1. The van der Waals surface area contributed by atoms with Gasteiger partial charge in [0.05, 0.1) is 6.67 Å². The van der Waals surface area contributed by atoms with Gasteiger partial charge < -0.3 is 9.90 Å². The molecular formula is C3H4FO2-. The summed E-state index contributed by atoms with van der Waals surface area (Å²) in [5.41, 5.74) is 0. The standard InChI is InChI=1S/C3H5FO2/c4-2-1-3(5)6/h1-2H2,(H,5,6)/p-1. The van der Waals surface area contributed by atoms with Crippen molar-refractivity contribution in [3.63, 3.8) is 0 Å². The van der Waals surface area contributed by atoms with Gasteiger partial charge in [-0.1, -0.05) is 0 Å². The molecule has 0 aromatic carbocycles. The van der Waals surface area contributed by atoms with Crippen LogP contribution in [0, 0.1) is 0 Å². The lowest BCUT2D eigenvalue weighted by Gasteiger charge is -1.90. The third-order valence-electron chi connectivity index (χ3n) is 0.299. The molecule has 6 heavy (non-hydrogen) atoms. The van der Waals surface area contributed by atoms with Gasteiger partial charge in [0.25, 0.3) is 0 Å². The van der Waals surface area contributed by atoms with Crippen molar-refractivity contribution >= 4 is 5.97 Å². The number of hydrogen-bond acceptors (Lipinski definition) is 2. The second-order valence-electron chi connectivity index (χ2n) is 0.811. The molecule has 0 saturated heterocycles. The molecule has 0 rings (SSSR count). The fraction of sp³-hybridized carbons (Fsp3) is 0.667. The summed E-state index contributed by atoms with van der Waals surface area (Å²) in [6, 6.07) is 0. The van der Waals surface area contributed by atoms with Gasteiger partial charge >= 0.3 is 0 Å². The van der Waals surface area contributed by atoms with Gasteiger partial charge in [-0.05, 0) is 0 Å². The molecule has 0 unspecified atom stereocenters. The van der Waals surface area contributed by atoms with Gasteiger partial charge in [0, 0.05) is 12.4 Å². The minimum absolute atomic E-state index is 0.486. The minimum Gasteiger partial charge on any atom is -0.550 e. The fourth-order valence-corrected chi connectivity index (χ4v) is 0.0772. The number of carboxylic acid groups (broad SMARTS) is 1. The summed E-state index contributed by atoms with van der Waals surface area (Å²) >= 11 is 0. The first-order valence-electron chi connectivity index (χ1n) is 1.53. The zero-order valence-corrected chi connectivity index (χ0v) is 3.11. The van der Waals surface area contributed by atoms with Crippen LogP contribution in [-0.4, -0.2) is 12.6 Å². The maximum Gasteiger partial charge on any atom is 0.0946 e. The van der Waals surface area contributed by atoms with Crippen LogP contribution in [0.2, 0.25) is 0 Å². The third kappa shape index (κ3) is 3.40. The van der Waals surface area contributed by atoms with Gasteiger partial charge in [-0.15, -0.1) is 0 Å². The number of aliphatic carboxylic acids is 1. The molecule has 0 amide bonds. The molecule has 3 heteroatoms. The first-order valence-corrected chi connectivity index (χ1v) is 1.53. The molecule has 0 N–H and O–H groups in total. The summed E-state index contributed by atoms with van der Waals surface area (Å²) in [6.07, 6.45) is -0.486. The van der Waals surface area contributed by atoms with E-state index in [1.165, 1.54) is 0 Å². The van der Waals surface area contributed by atoms with Crippen molar-refractivity contribution in [1.82, 2.24) is 0 Å². The molecule has 0 aliphatic heterocycles. The fourth-order valence-electron chi connectivity index (χ4n) is 0.0772. The largest absolute Gasteiger partial charge is 0.550 e. The molecule has 0 saturated carbocycles. The monoisotopic (exact) mass is 91.0 g/mol. The van der Waals surface area contributed by atoms with Crippen LogP contribution in [0.1, 0.15) is 6.42 Å².